The van der Waals surface area contributed by atoms with Gasteiger partial charge in [0.15, 0.2) is 0 Å². The average molecular weight is 202 g/mol. The van der Waals surface area contributed by atoms with Crippen LogP contribution in [0.15, 0.2) is 24.3 Å². The summed E-state index contributed by atoms with van der Waals surface area (Å²) in [4.78, 5) is 0. The number of benzene rings is 1. The molecule has 2 nitrogen and oxygen atoms in total. The van der Waals surface area contributed by atoms with E-state index in [0.717, 1.165) is 11.5 Å². The Kier molecular flexibility index (Phi) is 4.18. The first-order valence-corrected chi connectivity index (χ1v) is 4.70. The molecule has 66 valence electrons. The minimum Gasteiger partial charge on any atom is -0.483 e. The highest BCUT2D eigenvalue weighted by molar-refractivity contribution is 7.80. The van der Waals surface area contributed by atoms with Crippen LogP contribution in [-0.4, -0.2) is 11.9 Å². The molecular weight excluding hydrogens is 192 g/mol. The van der Waals surface area contributed by atoms with E-state index in [2.05, 4.69) is 25.3 Å². The minimum atomic E-state index is 0.382. The second-order valence-corrected chi connectivity index (χ2v) is 2.53. The van der Waals surface area contributed by atoms with Crippen molar-refractivity contribution >= 4 is 25.3 Å². The van der Waals surface area contributed by atoms with Crippen molar-refractivity contribution in [2.24, 2.45) is 0 Å². The van der Waals surface area contributed by atoms with E-state index in [-0.39, 0.29) is 0 Å². The molecule has 0 amide bonds. The van der Waals surface area contributed by atoms with Gasteiger partial charge in [0.05, 0.1) is 0 Å². The van der Waals surface area contributed by atoms with E-state index in [0.29, 0.717) is 11.9 Å². The van der Waals surface area contributed by atoms with E-state index in [1.165, 1.54) is 0 Å². The van der Waals surface area contributed by atoms with Crippen molar-refractivity contribution in [3.63, 3.8) is 0 Å². The molecule has 0 bridgehead atoms. The summed E-state index contributed by atoms with van der Waals surface area (Å²) in [7, 11) is 0. The van der Waals surface area contributed by atoms with Gasteiger partial charge in [-0.15, -0.1) is 25.3 Å². The number of rotatable bonds is 4. The van der Waals surface area contributed by atoms with Crippen LogP contribution in [0.4, 0.5) is 0 Å². The predicted molar refractivity (Wildman–Crippen MR) is 55.4 cm³/mol. The van der Waals surface area contributed by atoms with Crippen LogP contribution in [0.25, 0.3) is 0 Å². The van der Waals surface area contributed by atoms with Crippen molar-refractivity contribution in [1.29, 1.82) is 0 Å². The Labute approximate surface area is 82.7 Å². The van der Waals surface area contributed by atoms with Crippen LogP contribution < -0.4 is 9.47 Å². The standard InChI is InChI=1S/C8H10O2S2/c11-5-9-7-1-2-8(4-3-7)10-6-12/h1-4,11-12H,5-6H2. The molecule has 0 heterocycles. The van der Waals surface area contributed by atoms with E-state index in [1.807, 2.05) is 24.3 Å². The summed E-state index contributed by atoms with van der Waals surface area (Å²) in [5.41, 5.74) is 0. The number of hydrogen-bond donors (Lipinski definition) is 2. The van der Waals surface area contributed by atoms with Gasteiger partial charge < -0.3 is 9.47 Å². The highest BCUT2D eigenvalue weighted by atomic mass is 32.1. The summed E-state index contributed by atoms with van der Waals surface area (Å²) in [5.74, 6) is 2.34. The van der Waals surface area contributed by atoms with E-state index < -0.39 is 0 Å². The molecule has 0 aliphatic heterocycles. The molecule has 0 fully saturated rings. The molecule has 4 heteroatoms. The van der Waals surface area contributed by atoms with Crippen molar-refractivity contribution in [3.8, 4) is 11.5 Å². The highest BCUT2D eigenvalue weighted by Gasteiger charge is 1.93. The zero-order valence-corrected chi connectivity index (χ0v) is 8.22. The van der Waals surface area contributed by atoms with Gasteiger partial charge in [0.25, 0.3) is 0 Å². The SMILES string of the molecule is SCOc1ccc(OCS)cc1. The molecule has 0 aliphatic carbocycles. The third kappa shape index (κ3) is 2.87. The normalized spacial score (nSPS) is 9.50. The zero-order chi connectivity index (χ0) is 8.81. The molecule has 1 aromatic carbocycles. The van der Waals surface area contributed by atoms with Crippen LogP contribution >= 0.6 is 25.3 Å². The van der Waals surface area contributed by atoms with Gasteiger partial charge in [0.1, 0.15) is 23.4 Å². The molecule has 0 saturated heterocycles. The number of ether oxygens (including phenoxy) is 2. The molecule has 12 heavy (non-hydrogen) atoms. The van der Waals surface area contributed by atoms with E-state index in [4.69, 9.17) is 9.47 Å². The first-order valence-electron chi connectivity index (χ1n) is 3.44. The number of hydrogen-bond acceptors (Lipinski definition) is 4. The molecule has 1 aromatic rings. The third-order valence-electron chi connectivity index (χ3n) is 1.29. The van der Waals surface area contributed by atoms with Gasteiger partial charge in [0, 0.05) is 0 Å². The zero-order valence-electron chi connectivity index (χ0n) is 6.43. The summed E-state index contributed by atoms with van der Waals surface area (Å²) in [6.45, 7) is 0. The lowest BCUT2D eigenvalue weighted by molar-refractivity contribution is 0.383. The molecular formula is C8H10O2S2. The lowest BCUT2D eigenvalue weighted by Crippen LogP contribution is -1.91. The second-order valence-electron chi connectivity index (χ2n) is 2.02. The lowest BCUT2D eigenvalue weighted by atomic mass is 10.3. The predicted octanol–water partition coefficient (Wildman–Crippen LogP) is 2.22. The Hall–Kier alpha value is -0.480. The van der Waals surface area contributed by atoms with Crippen molar-refractivity contribution in [2.45, 2.75) is 0 Å². The maximum absolute atomic E-state index is 5.13. The first-order chi connectivity index (χ1) is 5.86. The largest absolute Gasteiger partial charge is 0.483 e. The van der Waals surface area contributed by atoms with Gasteiger partial charge in [-0.1, -0.05) is 0 Å². The van der Waals surface area contributed by atoms with Crippen molar-refractivity contribution in [1.82, 2.24) is 0 Å². The van der Waals surface area contributed by atoms with Crippen LogP contribution in [0.5, 0.6) is 11.5 Å². The Bertz CT molecular complexity index is 198. The van der Waals surface area contributed by atoms with E-state index >= 15 is 0 Å². The van der Waals surface area contributed by atoms with Gasteiger partial charge >= 0.3 is 0 Å². The molecule has 0 spiro atoms. The van der Waals surface area contributed by atoms with E-state index in [9.17, 15) is 0 Å². The fourth-order valence-electron chi connectivity index (χ4n) is 0.781. The fourth-order valence-corrected chi connectivity index (χ4v) is 1.08. The first kappa shape index (κ1) is 9.61. The molecule has 0 atom stereocenters. The van der Waals surface area contributed by atoms with Gasteiger partial charge in [-0.25, -0.2) is 0 Å². The molecule has 0 saturated carbocycles. The second kappa shape index (κ2) is 5.22. The van der Waals surface area contributed by atoms with Crippen LogP contribution in [-0.2, 0) is 0 Å². The molecule has 0 aliphatic rings. The summed E-state index contributed by atoms with van der Waals surface area (Å²) >= 11 is 7.87. The smallest absolute Gasteiger partial charge is 0.131 e. The van der Waals surface area contributed by atoms with Gasteiger partial charge in [-0.2, -0.15) is 0 Å². The van der Waals surface area contributed by atoms with Crippen molar-refractivity contribution < 1.29 is 9.47 Å². The molecule has 0 radical (unpaired) electrons. The third-order valence-corrected chi connectivity index (χ3v) is 1.54. The average Bonchev–Trinajstić information content (AvgIpc) is 2.09. The lowest BCUT2D eigenvalue weighted by Gasteiger charge is -2.04. The minimum absolute atomic E-state index is 0.382. The van der Waals surface area contributed by atoms with Crippen molar-refractivity contribution in [2.75, 3.05) is 11.9 Å². The maximum atomic E-state index is 5.13. The Morgan fingerprint density at radius 2 is 1.17 bits per heavy atom. The molecule has 0 aromatic heterocycles. The van der Waals surface area contributed by atoms with E-state index in [1.54, 1.807) is 0 Å². The van der Waals surface area contributed by atoms with Gasteiger partial charge in [-0.3, -0.25) is 0 Å². The monoisotopic (exact) mass is 202 g/mol. The van der Waals surface area contributed by atoms with Gasteiger partial charge in [0.2, 0.25) is 0 Å². The number of thiol groups is 2. The quantitative estimate of drug-likeness (QED) is 0.576. The van der Waals surface area contributed by atoms with Crippen LogP contribution in [0.3, 0.4) is 0 Å². The maximum Gasteiger partial charge on any atom is 0.131 e. The summed E-state index contributed by atoms with van der Waals surface area (Å²) in [5, 5.41) is 0. The van der Waals surface area contributed by atoms with Crippen LogP contribution in [0.1, 0.15) is 0 Å². The highest BCUT2D eigenvalue weighted by Crippen LogP contribution is 2.17. The summed E-state index contributed by atoms with van der Waals surface area (Å²) < 4.78 is 10.3. The summed E-state index contributed by atoms with van der Waals surface area (Å²) in [6.07, 6.45) is 0. The Morgan fingerprint density at radius 1 is 0.833 bits per heavy atom. The Balaban J connectivity index is 2.58. The Morgan fingerprint density at radius 3 is 1.42 bits per heavy atom. The summed E-state index contributed by atoms with van der Waals surface area (Å²) in [6, 6.07) is 7.31. The van der Waals surface area contributed by atoms with Crippen LogP contribution in [0.2, 0.25) is 0 Å². The molecule has 0 unspecified atom stereocenters. The van der Waals surface area contributed by atoms with Crippen molar-refractivity contribution in [3.05, 3.63) is 24.3 Å². The topological polar surface area (TPSA) is 18.5 Å². The van der Waals surface area contributed by atoms with Gasteiger partial charge in [-0.05, 0) is 24.3 Å². The molecule has 0 N–H and O–H groups in total. The fraction of sp³-hybridized carbons (Fsp3) is 0.250. The van der Waals surface area contributed by atoms with Crippen LogP contribution in [0, 0.1) is 0 Å². The molecule has 1 rings (SSSR count).